The molecular formula is C13H20ClFN2O2. The van der Waals surface area contributed by atoms with Crippen LogP contribution >= 0.6 is 12.4 Å². The fourth-order valence-corrected chi connectivity index (χ4v) is 1.47. The van der Waals surface area contributed by atoms with Crippen LogP contribution in [0.25, 0.3) is 0 Å². The molecule has 1 aromatic carbocycles. The summed E-state index contributed by atoms with van der Waals surface area (Å²) in [6.45, 7) is 2.59. The molecule has 0 heterocycles. The summed E-state index contributed by atoms with van der Waals surface area (Å²) in [5, 5.41) is 5.83. The minimum absolute atomic E-state index is 0. The third-order valence-electron chi connectivity index (χ3n) is 2.42. The molecule has 2 N–H and O–H groups in total. The summed E-state index contributed by atoms with van der Waals surface area (Å²) in [6.07, 6.45) is 0.0742. The lowest BCUT2D eigenvalue weighted by Crippen LogP contribution is -2.33. The molecule has 6 heteroatoms. The molecule has 19 heavy (non-hydrogen) atoms. The van der Waals surface area contributed by atoms with Crippen molar-refractivity contribution in [1.29, 1.82) is 0 Å². The lowest BCUT2D eigenvalue weighted by Gasteiger charge is -2.07. The minimum atomic E-state index is -0.342. The Labute approximate surface area is 119 Å². The molecule has 0 radical (unpaired) electrons. The number of methoxy groups -OCH3 is 1. The van der Waals surface area contributed by atoms with Crippen LogP contribution in [0.4, 0.5) is 4.39 Å². The number of hydrogen-bond acceptors (Lipinski definition) is 3. The number of carbonyl (C=O) groups is 1. The largest absolute Gasteiger partial charge is 0.383 e. The Balaban J connectivity index is 0.00000324. The van der Waals surface area contributed by atoms with Crippen molar-refractivity contribution in [2.45, 2.75) is 6.42 Å². The molecule has 0 aliphatic heterocycles. The SMILES string of the molecule is COCCNCCNC(=O)Cc1ccccc1F.Cl. The maximum atomic E-state index is 13.3. The third-order valence-corrected chi connectivity index (χ3v) is 2.42. The van der Waals surface area contributed by atoms with E-state index in [0.29, 0.717) is 25.3 Å². The van der Waals surface area contributed by atoms with E-state index in [4.69, 9.17) is 4.74 Å². The summed E-state index contributed by atoms with van der Waals surface area (Å²) in [5.74, 6) is -0.514. The lowest BCUT2D eigenvalue weighted by molar-refractivity contribution is -0.120. The molecule has 0 saturated carbocycles. The molecule has 0 aliphatic carbocycles. The molecule has 0 atom stereocenters. The quantitative estimate of drug-likeness (QED) is 0.706. The minimum Gasteiger partial charge on any atom is -0.383 e. The Bertz CT molecular complexity index is 377. The first-order chi connectivity index (χ1) is 8.74. The average Bonchev–Trinajstić information content (AvgIpc) is 2.36. The highest BCUT2D eigenvalue weighted by atomic mass is 35.5. The number of ether oxygens (including phenoxy) is 1. The number of hydrogen-bond donors (Lipinski definition) is 2. The van der Waals surface area contributed by atoms with E-state index in [1.165, 1.54) is 6.07 Å². The predicted octanol–water partition coefficient (Wildman–Crippen LogP) is 1.14. The van der Waals surface area contributed by atoms with Crippen LogP contribution < -0.4 is 10.6 Å². The maximum Gasteiger partial charge on any atom is 0.224 e. The van der Waals surface area contributed by atoms with Gasteiger partial charge in [-0.25, -0.2) is 4.39 Å². The molecule has 0 fully saturated rings. The normalized spacial score (nSPS) is 9.79. The molecule has 1 amide bonds. The molecule has 0 spiro atoms. The molecule has 1 aromatic rings. The van der Waals surface area contributed by atoms with Crippen LogP contribution in [0.2, 0.25) is 0 Å². The van der Waals surface area contributed by atoms with E-state index in [0.717, 1.165) is 6.54 Å². The van der Waals surface area contributed by atoms with Crippen molar-refractivity contribution in [2.75, 3.05) is 33.4 Å². The highest BCUT2D eigenvalue weighted by molar-refractivity contribution is 5.85. The molecule has 0 aliphatic rings. The smallest absolute Gasteiger partial charge is 0.224 e. The number of benzene rings is 1. The van der Waals surface area contributed by atoms with E-state index in [1.807, 2.05) is 0 Å². The summed E-state index contributed by atoms with van der Waals surface area (Å²) in [4.78, 5) is 11.5. The van der Waals surface area contributed by atoms with Gasteiger partial charge in [-0.15, -0.1) is 12.4 Å². The summed E-state index contributed by atoms with van der Waals surface area (Å²) in [6, 6.07) is 6.30. The fraction of sp³-hybridized carbons (Fsp3) is 0.462. The van der Waals surface area contributed by atoms with E-state index in [-0.39, 0.29) is 30.6 Å². The van der Waals surface area contributed by atoms with Gasteiger partial charge >= 0.3 is 0 Å². The highest BCUT2D eigenvalue weighted by Gasteiger charge is 2.06. The van der Waals surface area contributed by atoms with Crippen LogP contribution in [0.1, 0.15) is 5.56 Å². The van der Waals surface area contributed by atoms with Crippen LogP contribution in [0.3, 0.4) is 0 Å². The zero-order chi connectivity index (χ0) is 13.2. The van der Waals surface area contributed by atoms with E-state index in [9.17, 15) is 9.18 Å². The standard InChI is InChI=1S/C13H19FN2O2.ClH/c1-18-9-8-15-6-7-16-13(17)10-11-4-2-3-5-12(11)14;/h2-5,15H,6-10H2,1H3,(H,16,17);1H. The lowest BCUT2D eigenvalue weighted by atomic mass is 10.1. The molecule has 0 bridgehead atoms. The van der Waals surface area contributed by atoms with Gasteiger partial charge in [-0.3, -0.25) is 4.79 Å². The molecule has 1 rings (SSSR count). The highest BCUT2D eigenvalue weighted by Crippen LogP contribution is 2.06. The number of nitrogens with one attached hydrogen (secondary N) is 2. The number of halogens is 2. The fourth-order valence-electron chi connectivity index (χ4n) is 1.47. The van der Waals surface area contributed by atoms with Gasteiger partial charge in [0, 0.05) is 26.7 Å². The second-order valence-corrected chi connectivity index (χ2v) is 3.86. The Morgan fingerprint density at radius 3 is 2.68 bits per heavy atom. The summed E-state index contributed by atoms with van der Waals surface area (Å²) in [5.41, 5.74) is 0.419. The van der Waals surface area contributed by atoms with Crippen molar-refractivity contribution < 1.29 is 13.9 Å². The van der Waals surface area contributed by atoms with E-state index >= 15 is 0 Å². The van der Waals surface area contributed by atoms with Crippen LogP contribution in [0.5, 0.6) is 0 Å². The first-order valence-electron chi connectivity index (χ1n) is 5.94. The topological polar surface area (TPSA) is 50.4 Å². The van der Waals surface area contributed by atoms with Crippen molar-refractivity contribution in [1.82, 2.24) is 10.6 Å². The van der Waals surface area contributed by atoms with E-state index in [1.54, 1.807) is 25.3 Å². The van der Waals surface area contributed by atoms with Crippen molar-refractivity contribution >= 4 is 18.3 Å². The number of rotatable bonds is 8. The Kier molecular flexibility index (Phi) is 10.1. The van der Waals surface area contributed by atoms with Crippen LogP contribution in [0.15, 0.2) is 24.3 Å². The first-order valence-corrected chi connectivity index (χ1v) is 5.94. The van der Waals surface area contributed by atoms with Gasteiger partial charge in [0.2, 0.25) is 5.91 Å². The molecule has 0 aromatic heterocycles. The predicted molar refractivity (Wildman–Crippen MR) is 75.1 cm³/mol. The van der Waals surface area contributed by atoms with Gasteiger partial charge in [0.05, 0.1) is 13.0 Å². The third kappa shape index (κ3) is 7.77. The van der Waals surface area contributed by atoms with E-state index in [2.05, 4.69) is 10.6 Å². The van der Waals surface area contributed by atoms with Gasteiger partial charge in [-0.2, -0.15) is 0 Å². The summed E-state index contributed by atoms with van der Waals surface area (Å²) < 4.78 is 18.1. The molecule has 0 unspecified atom stereocenters. The van der Waals surface area contributed by atoms with Crippen LogP contribution in [-0.2, 0) is 16.0 Å². The van der Waals surface area contributed by atoms with Gasteiger partial charge in [0.1, 0.15) is 5.82 Å². The van der Waals surface area contributed by atoms with Crippen molar-refractivity contribution in [2.24, 2.45) is 0 Å². The first kappa shape index (κ1) is 17.8. The molecule has 108 valence electrons. The van der Waals surface area contributed by atoms with Gasteiger partial charge in [0.15, 0.2) is 0 Å². The van der Waals surface area contributed by atoms with Crippen LogP contribution in [0, 0.1) is 5.82 Å². The molecule has 0 saturated heterocycles. The zero-order valence-electron chi connectivity index (χ0n) is 10.9. The van der Waals surface area contributed by atoms with Crippen molar-refractivity contribution in [3.63, 3.8) is 0 Å². The Hall–Kier alpha value is -1.17. The van der Waals surface area contributed by atoms with Gasteiger partial charge in [-0.1, -0.05) is 18.2 Å². The Morgan fingerprint density at radius 1 is 1.26 bits per heavy atom. The Morgan fingerprint density at radius 2 is 2.00 bits per heavy atom. The second kappa shape index (κ2) is 10.7. The summed E-state index contributed by atoms with van der Waals surface area (Å²) >= 11 is 0. The van der Waals surface area contributed by atoms with Crippen LogP contribution in [-0.4, -0.2) is 39.3 Å². The summed E-state index contributed by atoms with van der Waals surface area (Å²) in [7, 11) is 1.64. The van der Waals surface area contributed by atoms with Gasteiger partial charge in [0.25, 0.3) is 0 Å². The van der Waals surface area contributed by atoms with Gasteiger partial charge in [-0.05, 0) is 11.6 Å². The number of carbonyl (C=O) groups excluding carboxylic acids is 1. The molecule has 4 nitrogen and oxygen atoms in total. The zero-order valence-corrected chi connectivity index (χ0v) is 11.8. The maximum absolute atomic E-state index is 13.3. The van der Waals surface area contributed by atoms with Crippen molar-refractivity contribution in [3.05, 3.63) is 35.6 Å². The van der Waals surface area contributed by atoms with Crippen molar-refractivity contribution in [3.8, 4) is 0 Å². The monoisotopic (exact) mass is 290 g/mol. The van der Waals surface area contributed by atoms with Gasteiger partial charge < -0.3 is 15.4 Å². The van der Waals surface area contributed by atoms with E-state index < -0.39 is 0 Å². The second-order valence-electron chi connectivity index (χ2n) is 3.86. The number of amides is 1. The average molecular weight is 291 g/mol. The molecular weight excluding hydrogens is 271 g/mol.